The lowest BCUT2D eigenvalue weighted by Gasteiger charge is -2.22. The van der Waals surface area contributed by atoms with E-state index in [1.54, 1.807) is 0 Å². The molecule has 17 heavy (non-hydrogen) atoms. The molecular weight excluding hydrogens is 252 g/mol. The summed E-state index contributed by atoms with van der Waals surface area (Å²) in [6.45, 7) is 6.27. The second-order valence-electron chi connectivity index (χ2n) is 5.06. The number of thioether (sulfide) groups is 2. The summed E-state index contributed by atoms with van der Waals surface area (Å²) in [5, 5.41) is 0.361. The summed E-state index contributed by atoms with van der Waals surface area (Å²) >= 11 is 3.87. The van der Waals surface area contributed by atoms with Crippen LogP contribution in [0.15, 0.2) is 0 Å². The predicted octanol–water partition coefficient (Wildman–Crippen LogP) is 2.27. The van der Waals surface area contributed by atoms with Gasteiger partial charge in [0.25, 0.3) is 0 Å². The molecule has 1 aliphatic heterocycles. The Morgan fingerprint density at radius 2 is 1.94 bits per heavy atom. The molecule has 1 atom stereocenters. The van der Waals surface area contributed by atoms with Gasteiger partial charge in [0.1, 0.15) is 11.6 Å². The van der Waals surface area contributed by atoms with Crippen LogP contribution in [0.3, 0.4) is 0 Å². The van der Waals surface area contributed by atoms with Gasteiger partial charge in [0.05, 0.1) is 5.25 Å². The van der Waals surface area contributed by atoms with Crippen molar-refractivity contribution in [3.63, 3.8) is 0 Å². The van der Waals surface area contributed by atoms with Crippen molar-refractivity contribution < 1.29 is 0 Å². The maximum atomic E-state index is 5.78. The first-order chi connectivity index (χ1) is 7.97. The highest BCUT2D eigenvalue weighted by Gasteiger charge is 2.24. The molecule has 94 valence electrons. The van der Waals surface area contributed by atoms with Gasteiger partial charge in [0.15, 0.2) is 0 Å². The molecule has 0 aromatic carbocycles. The van der Waals surface area contributed by atoms with Crippen LogP contribution in [-0.4, -0.2) is 32.2 Å². The lowest BCUT2D eigenvalue weighted by atomic mass is 9.96. The second-order valence-corrected chi connectivity index (χ2v) is 7.52. The number of hydrogen-bond donors (Lipinski definition) is 1. The number of rotatable bonds is 1. The van der Waals surface area contributed by atoms with E-state index in [1.807, 2.05) is 23.5 Å². The molecule has 1 saturated heterocycles. The average Bonchev–Trinajstić information content (AvgIpc) is 2.28. The van der Waals surface area contributed by atoms with E-state index in [1.165, 1.54) is 5.75 Å². The molecular formula is C11H18N4S2. The van der Waals surface area contributed by atoms with Crippen molar-refractivity contribution in [1.29, 1.82) is 0 Å². The molecule has 1 aromatic heterocycles. The van der Waals surface area contributed by atoms with Gasteiger partial charge in [-0.1, -0.05) is 20.8 Å². The van der Waals surface area contributed by atoms with Crippen molar-refractivity contribution in [3.05, 3.63) is 11.6 Å². The van der Waals surface area contributed by atoms with Gasteiger partial charge < -0.3 is 5.73 Å². The summed E-state index contributed by atoms with van der Waals surface area (Å²) in [7, 11) is 0. The fraction of sp³-hybridized carbons (Fsp3) is 0.727. The highest BCUT2D eigenvalue weighted by Crippen LogP contribution is 2.35. The Bertz CT molecular complexity index is 397. The third kappa shape index (κ3) is 3.25. The second kappa shape index (κ2) is 5.02. The van der Waals surface area contributed by atoms with E-state index >= 15 is 0 Å². The first kappa shape index (κ1) is 13.0. The summed E-state index contributed by atoms with van der Waals surface area (Å²) in [6.07, 6.45) is 0. The van der Waals surface area contributed by atoms with Gasteiger partial charge in [0, 0.05) is 22.7 Å². The molecule has 0 bridgehead atoms. The van der Waals surface area contributed by atoms with Crippen LogP contribution in [0.2, 0.25) is 0 Å². The molecule has 1 unspecified atom stereocenters. The Hall–Kier alpha value is -0.490. The molecule has 0 amide bonds. The summed E-state index contributed by atoms with van der Waals surface area (Å²) in [5.41, 5.74) is 5.70. The molecule has 1 aliphatic rings. The van der Waals surface area contributed by atoms with Crippen molar-refractivity contribution >= 4 is 29.5 Å². The molecule has 6 heteroatoms. The number of anilines is 1. The highest BCUT2D eigenvalue weighted by molar-refractivity contribution is 8.06. The Morgan fingerprint density at radius 3 is 2.53 bits per heavy atom. The standard InChI is InChI=1S/C11H18N4S2/c1-11(2,3)9-13-8(14-10(12)15-9)7-6-16-4-5-17-7/h7H,4-6H2,1-3H3,(H2,12,13,14,15). The number of nitrogen functional groups attached to an aromatic ring is 1. The highest BCUT2D eigenvalue weighted by atomic mass is 32.2. The van der Waals surface area contributed by atoms with Gasteiger partial charge >= 0.3 is 0 Å². The monoisotopic (exact) mass is 270 g/mol. The molecule has 0 saturated carbocycles. The van der Waals surface area contributed by atoms with Gasteiger partial charge in [-0.3, -0.25) is 0 Å². The average molecular weight is 270 g/mol. The minimum Gasteiger partial charge on any atom is -0.368 e. The Morgan fingerprint density at radius 1 is 1.18 bits per heavy atom. The van der Waals surface area contributed by atoms with Crippen LogP contribution in [0, 0.1) is 0 Å². The molecule has 2 rings (SSSR count). The fourth-order valence-corrected chi connectivity index (χ4v) is 4.12. The van der Waals surface area contributed by atoms with Crippen LogP contribution in [0.4, 0.5) is 5.95 Å². The number of nitrogens with two attached hydrogens (primary N) is 1. The Labute approximate surface area is 111 Å². The third-order valence-corrected chi connectivity index (χ3v) is 5.20. The topological polar surface area (TPSA) is 64.7 Å². The van der Waals surface area contributed by atoms with Crippen molar-refractivity contribution in [2.45, 2.75) is 31.4 Å². The first-order valence-electron chi connectivity index (χ1n) is 5.68. The van der Waals surface area contributed by atoms with Crippen LogP contribution < -0.4 is 5.73 Å². The molecule has 4 nitrogen and oxygen atoms in total. The molecule has 2 heterocycles. The van der Waals surface area contributed by atoms with E-state index in [0.29, 0.717) is 11.2 Å². The summed E-state index contributed by atoms with van der Waals surface area (Å²) < 4.78 is 0. The third-order valence-electron chi connectivity index (χ3n) is 2.44. The van der Waals surface area contributed by atoms with E-state index in [2.05, 4.69) is 35.7 Å². The Kier molecular flexibility index (Phi) is 3.82. The number of aromatic nitrogens is 3. The lowest BCUT2D eigenvalue weighted by Crippen LogP contribution is -2.21. The summed E-state index contributed by atoms with van der Waals surface area (Å²) in [5.74, 6) is 5.42. The maximum absolute atomic E-state index is 5.78. The van der Waals surface area contributed by atoms with E-state index in [4.69, 9.17) is 5.73 Å². The van der Waals surface area contributed by atoms with E-state index in [9.17, 15) is 0 Å². The van der Waals surface area contributed by atoms with Crippen LogP contribution in [-0.2, 0) is 5.41 Å². The fourth-order valence-electron chi connectivity index (χ4n) is 1.53. The first-order valence-corrected chi connectivity index (χ1v) is 7.88. The zero-order valence-electron chi connectivity index (χ0n) is 10.4. The van der Waals surface area contributed by atoms with Crippen LogP contribution >= 0.6 is 23.5 Å². The van der Waals surface area contributed by atoms with Crippen molar-refractivity contribution in [2.75, 3.05) is 23.0 Å². The molecule has 1 aromatic rings. The van der Waals surface area contributed by atoms with E-state index in [0.717, 1.165) is 23.2 Å². The van der Waals surface area contributed by atoms with Crippen molar-refractivity contribution in [1.82, 2.24) is 15.0 Å². The zero-order chi connectivity index (χ0) is 12.5. The number of hydrogen-bond acceptors (Lipinski definition) is 6. The zero-order valence-corrected chi connectivity index (χ0v) is 12.1. The largest absolute Gasteiger partial charge is 0.368 e. The van der Waals surface area contributed by atoms with Gasteiger partial charge in [-0.15, -0.1) is 11.8 Å². The van der Waals surface area contributed by atoms with E-state index in [-0.39, 0.29) is 5.41 Å². The van der Waals surface area contributed by atoms with Crippen molar-refractivity contribution in [2.24, 2.45) is 0 Å². The minimum atomic E-state index is -0.0850. The minimum absolute atomic E-state index is 0.0850. The molecule has 0 radical (unpaired) electrons. The Balaban J connectivity index is 2.31. The molecule has 0 aliphatic carbocycles. The molecule has 1 fully saturated rings. The predicted molar refractivity (Wildman–Crippen MR) is 75.5 cm³/mol. The van der Waals surface area contributed by atoms with Crippen LogP contribution in [0.25, 0.3) is 0 Å². The quantitative estimate of drug-likeness (QED) is 0.844. The normalized spacial score (nSPS) is 21.5. The SMILES string of the molecule is CC(C)(C)c1nc(N)nc(C2CSCCS2)n1. The molecule has 2 N–H and O–H groups in total. The number of nitrogens with zero attached hydrogens (tertiary/aromatic N) is 3. The molecule has 0 spiro atoms. The van der Waals surface area contributed by atoms with Gasteiger partial charge in [-0.2, -0.15) is 21.7 Å². The van der Waals surface area contributed by atoms with Gasteiger partial charge in [-0.05, 0) is 0 Å². The summed E-state index contributed by atoms with van der Waals surface area (Å²) in [6, 6.07) is 0. The smallest absolute Gasteiger partial charge is 0.223 e. The van der Waals surface area contributed by atoms with Crippen molar-refractivity contribution in [3.8, 4) is 0 Å². The maximum Gasteiger partial charge on any atom is 0.223 e. The van der Waals surface area contributed by atoms with Crippen LogP contribution in [0.1, 0.15) is 37.7 Å². The van der Waals surface area contributed by atoms with Gasteiger partial charge in [0.2, 0.25) is 5.95 Å². The van der Waals surface area contributed by atoms with Gasteiger partial charge in [-0.25, -0.2) is 4.98 Å². The van der Waals surface area contributed by atoms with Crippen LogP contribution in [0.5, 0.6) is 0 Å². The lowest BCUT2D eigenvalue weighted by molar-refractivity contribution is 0.537. The summed E-state index contributed by atoms with van der Waals surface area (Å²) in [4.78, 5) is 13.1. The van der Waals surface area contributed by atoms with E-state index < -0.39 is 0 Å².